The topological polar surface area (TPSA) is 117 Å². The summed E-state index contributed by atoms with van der Waals surface area (Å²) < 4.78 is 0. The van der Waals surface area contributed by atoms with Gasteiger partial charge in [0, 0.05) is 53.1 Å². The fourth-order valence-corrected chi connectivity index (χ4v) is 6.04. The molecule has 2 unspecified atom stereocenters. The van der Waals surface area contributed by atoms with E-state index in [4.69, 9.17) is 5.73 Å². The lowest BCUT2D eigenvalue weighted by Gasteiger charge is -2.40. The third kappa shape index (κ3) is 5.26. The number of anilines is 2. The van der Waals surface area contributed by atoms with Crippen molar-refractivity contribution in [1.82, 2.24) is 10.3 Å². The van der Waals surface area contributed by atoms with Gasteiger partial charge in [-0.15, -0.1) is 0 Å². The second kappa shape index (κ2) is 10.8. The average molecular weight is 518 g/mol. The number of amides is 2. The van der Waals surface area contributed by atoms with Gasteiger partial charge in [0.25, 0.3) is 11.8 Å². The van der Waals surface area contributed by atoms with E-state index in [0.717, 1.165) is 56.3 Å². The number of ketones is 1. The molecule has 2 amide bonds. The molecule has 1 saturated carbocycles. The van der Waals surface area contributed by atoms with Gasteiger partial charge in [-0.1, -0.05) is 13.8 Å². The van der Waals surface area contributed by atoms with Crippen LogP contribution in [0.4, 0.5) is 11.5 Å². The molecular formula is C30H39N5O3. The molecule has 3 atom stereocenters. The molecule has 2 saturated heterocycles. The maximum Gasteiger partial charge on any atom is 0.251 e. The number of pyridine rings is 1. The molecule has 3 aliphatic rings. The van der Waals surface area contributed by atoms with Gasteiger partial charge in [-0.25, -0.2) is 4.98 Å². The van der Waals surface area contributed by atoms with Gasteiger partial charge in [0.2, 0.25) is 0 Å². The van der Waals surface area contributed by atoms with Crippen molar-refractivity contribution in [2.45, 2.75) is 96.3 Å². The first kappa shape index (κ1) is 26.2. The third-order valence-corrected chi connectivity index (χ3v) is 8.46. The van der Waals surface area contributed by atoms with Crippen molar-refractivity contribution in [3.05, 3.63) is 52.7 Å². The Labute approximate surface area is 224 Å². The lowest BCUT2D eigenvalue weighted by Crippen LogP contribution is -2.51. The molecule has 38 heavy (non-hydrogen) atoms. The van der Waals surface area contributed by atoms with Crippen LogP contribution in [-0.2, 0) is 6.42 Å². The van der Waals surface area contributed by atoms with E-state index >= 15 is 0 Å². The molecule has 2 aromatic rings. The lowest BCUT2D eigenvalue weighted by atomic mass is 9.95. The number of Topliss-reactive ketones (excluding diaryl/α,β-unsaturated/α-hetero) is 1. The van der Waals surface area contributed by atoms with Crippen molar-refractivity contribution >= 4 is 29.1 Å². The largest absolute Gasteiger partial charge is 0.382 e. The molecule has 5 rings (SSSR count). The molecule has 0 radical (unpaired) electrons. The van der Waals surface area contributed by atoms with Crippen LogP contribution in [0.15, 0.2) is 30.5 Å². The summed E-state index contributed by atoms with van der Waals surface area (Å²) in [6.45, 7) is 6.08. The Kier molecular flexibility index (Phi) is 7.41. The first-order chi connectivity index (χ1) is 18.3. The number of carbonyl (C=O) groups excluding carboxylic acids is 3. The monoisotopic (exact) mass is 517 g/mol. The molecule has 3 heterocycles. The molecule has 4 N–H and O–H groups in total. The highest BCUT2D eigenvalue weighted by Gasteiger charge is 2.42. The van der Waals surface area contributed by atoms with E-state index in [1.165, 1.54) is 0 Å². The average Bonchev–Trinajstić information content (AvgIpc) is 3.72. The predicted molar refractivity (Wildman–Crippen MR) is 149 cm³/mol. The first-order valence-corrected chi connectivity index (χ1v) is 14.1. The molecule has 0 spiro atoms. The highest BCUT2D eigenvalue weighted by atomic mass is 16.2. The first-order valence-electron chi connectivity index (χ1n) is 14.1. The number of piperidine rings is 1. The molecule has 3 fully saturated rings. The summed E-state index contributed by atoms with van der Waals surface area (Å²) in [5.74, 6) is 0.723. The van der Waals surface area contributed by atoms with Crippen molar-refractivity contribution in [1.29, 1.82) is 0 Å². The van der Waals surface area contributed by atoms with Gasteiger partial charge >= 0.3 is 0 Å². The summed E-state index contributed by atoms with van der Waals surface area (Å²) in [5.41, 5.74) is 8.81. The van der Waals surface area contributed by atoms with Crippen LogP contribution >= 0.6 is 0 Å². The minimum Gasteiger partial charge on any atom is -0.382 e. The maximum absolute atomic E-state index is 13.5. The van der Waals surface area contributed by atoms with Crippen LogP contribution in [-0.4, -0.2) is 46.7 Å². The van der Waals surface area contributed by atoms with Crippen LogP contribution in [0.2, 0.25) is 0 Å². The van der Waals surface area contributed by atoms with E-state index in [0.29, 0.717) is 40.9 Å². The van der Waals surface area contributed by atoms with Crippen molar-refractivity contribution < 1.29 is 14.4 Å². The van der Waals surface area contributed by atoms with Crippen molar-refractivity contribution in [3.8, 4) is 0 Å². The van der Waals surface area contributed by atoms with Gasteiger partial charge in [-0.2, -0.15) is 0 Å². The zero-order valence-electron chi connectivity index (χ0n) is 22.6. The molecule has 1 aromatic carbocycles. The van der Waals surface area contributed by atoms with Crippen LogP contribution in [0, 0.1) is 5.92 Å². The number of nitrogens with one attached hydrogen (secondary N) is 2. The summed E-state index contributed by atoms with van der Waals surface area (Å²) in [5, 5.41) is 6.64. The highest BCUT2D eigenvalue weighted by molar-refractivity contribution is 6.03. The standard InChI is InChI=1S/C30H39N5O3/c1-4-17(3)33-26-15-24(18(5-2)12-25(26)29(31)37)30(38)34-21-13-22-9-10-23(14-21)35(22)27-11-8-20(16-32-27)28(36)19-6-7-19/h8,11-12,15-17,19,21-23,33H,4-7,9-10,13-14H2,1-3H3,(H2,31,37)(H,34,38)/t17-,21?,22?,23?/m1/s1. The number of hydrogen-bond acceptors (Lipinski definition) is 6. The third-order valence-electron chi connectivity index (χ3n) is 8.46. The van der Waals surface area contributed by atoms with Crippen LogP contribution in [0.1, 0.15) is 102 Å². The molecule has 1 aromatic heterocycles. The molecular weight excluding hydrogens is 478 g/mol. The summed E-state index contributed by atoms with van der Waals surface area (Å²) in [6, 6.07) is 8.28. The van der Waals surface area contributed by atoms with Gasteiger partial charge in [-0.05, 0) is 88.1 Å². The Morgan fingerprint density at radius 2 is 1.76 bits per heavy atom. The number of hydrogen-bond donors (Lipinski definition) is 3. The van der Waals surface area contributed by atoms with Crippen LogP contribution in [0.3, 0.4) is 0 Å². The van der Waals surface area contributed by atoms with Crippen LogP contribution < -0.4 is 21.3 Å². The summed E-state index contributed by atoms with van der Waals surface area (Å²) in [7, 11) is 0. The van der Waals surface area contributed by atoms with E-state index in [-0.39, 0.29) is 29.7 Å². The lowest BCUT2D eigenvalue weighted by molar-refractivity contribution is 0.0923. The summed E-state index contributed by atoms with van der Waals surface area (Å²) >= 11 is 0. The quantitative estimate of drug-likeness (QED) is 0.400. The van der Waals surface area contributed by atoms with Crippen LogP contribution in [0.5, 0.6) is 0 Å². The molecule has 1 aliphatic carbocycles. The number of rotatable bonds is 10. The Hall–Kier alpha value is -3.42. The van der Waals surface area contributed by atoms with Crippen molar-refractivity contribution in [2.75, 3.05) is 10.2 Å². The van der Waals surface area contributed by atoms with E-state index in [2.05, 4.69) is 27.4 Å². The van der Waals surface area contributed by atoms with E-state index < -0.39 is 5.91 Å². The number of aromatic nitrogens is 1. The Bertz CT molecular complexity index is 1210. The number of fused-ring (bicyclic) bond motifs is 2. The zero-order valence-corrected chi connectivity index (χ0v) is 22.6. The molecule has 8 nitrogen and oxygen atoms in total. The second-order valence-electron chi connectivity index (χ2n) is 11.2. The SMILES string of the molecule is CCc1cc(C(N)=O)c(N[C@H](C)CC)cc1C(=O)NC1CC2CCC(C1)N2c1ccc(C(=O)C2CC2)cn1. The minimum absolute atomic E-state index is 0.0680. The number of carbonyl (C=O) groups is 3. The Balaban J connectivity index is 1.29. The van der Waals surface area contributed by atoms with Gasteiger partial charge < -0.3 is 21.3 Å². The molecule has 2 bridgehead atoms. The van der Waals surface area contributed by atoms with E-state index in [9.17, 15) is 14.4 Å². The number of nitrogens with two attached hydrogens (primary N) is 1. The van der Waals surface area contributed by atoms with Gasteiger partial charge in [0.15, 0.2) is 5.78 Å². The zero-order chi connectivity index (χ0) is 27.0. The highest BCUT2D eigenvalue weighted by Crippen LogP contribution is 2.39. The molecule has 8 heteroatoms. The Morgan fingerprint density at radius 1 is 1.05 bits per heavy atom. The normalized spacial score (nSPS) is 23.1. The number of nitrogens with zero attached hydrogens (tertiary/aromatic N) is 2. The fourth-order valence-electron chi connectivity index (χ4n) is 6.04. The number of benzene rings is 1. The van der Waals surface area contributed by atoms with Crippen LogP contribution in [0.25, 0.3) is 0 Å². The minimum atomic E-state index is -0.500. The van der Waals surface area contributed by atoms with Gasteiger partial charge in [0.1, 0.15) is 5.82 Å². The predicted octanol–water partition coefficient (Wildman–Crippen LogP) is 4.48. The van der Waals surface area contributed by atoms with Gasteiger partial charge in [0.05, 0.1) is 5.56 Å². The molecule has 2 aliphatic heterocycles. The molecule has 202 valence electrons. The second-order valence-corrected chi connectivity index (χ2v) is 11.2. The maximum atomic E-state index is 13.5. The van der Waals surface area contributed by atoms with Crippen molar-refractivity contribution in [3.63, 3.8) is 0 Å². The number of primary amides is 1. The van der Waals surface area contributed by atoms with E-state index in [1.807, 2.05) is 26.0 Å². The smallest absolute Gasteiger partial charge is 0.251 e. The summed E-state index contributed by atoms with van der Waals surface area (Å²) in [4.78, 5) is 45.1. The number of aryl methyl sites for hydroxylation is 1. The van der Waals surface area contributed by atoms with Gasteiger partial charge in [-0.3, -0.25) is 14.4 Å². The van der Waals surface area contributed by atoms with E-state index in [1.54, 1.807) is 18.3 Å². The Morgan fingerprint density at radius 3 is 2.32 bits per heavy atom. The van der Waals surface area contributed by atoms with Crippen molar-refractivity contribution in [2.24, 2.45) is 11.7 Å². The fraction of sp³-hybridized carbons (Fsp3) is 0.533. The summed E-state index contributed by atoms with van der Waals surface area (Å²) in [6.07, 6.45) is 9.07.